The lowest BCUT2D eigenvalue weighted by Gasteiger charge is -2.27. The predicted octanol–water partition coefficient (Wildman–Crippen LogP) is 2.91. The summed E-state index contributed by atoms with van der Waals surface area (Å²) in [5.74, 6) is 0.473. The van der Waals surface area contributed by atoms with E-state index in [4.69, 9.17) is 9.47 Å². The Morgan fingerprint density at radius 1 is 1.00 bits per heavy atom. The predicted molar refractivity (Wildman–Crippen MR) is 105 cm³/mol. The van der Waals surface area contributed by atoms with E-state index in [1.807, 2.05) is 18.2 Å². The van der Waals surface area contributed by atoms with E-state index in [-0.39, 0.29) is 29.3 Å². The van der Waals surface area contributed by atoms with E-state index in [1.54, 1.807) is 31.3 Å². The number of imide groups is 1. The summed E-state index contributed by atoms with van der Waals surface area (Å²) in [5, 5.41) is 0. The lowest BCUT2D eigenvalue weighted by molar-refractivity contribution is 0.0691. The quantitative estimate of drug-likeness (QED) is 0.746. The van der Waals surface area contributed by atoms with Crippen molar-refractivity contribution in [3.05, 3.63) is 58.7 Å². The molecular formula is C22H22N2O5. The van der Waals surface area contributed by atoms with Crippen LogP contribution in [0.5, 0.6) is 11.5 Å². The highest BCUT2D eigenvalue weighted by Crippen LogP contribution is 2.39. The van der Waals surface area contributed by atoms with Gasteiger partial charge in [0.05, 0.1) is 31.4 Å². The molecule has 1 atom stereocenters. The maximum absolute atomic E-state index is 13.3. The first kappa shape index (κ1) is 19.0. The third-order valence-corrected chi connectivity index (χ3v) is 5.65. The number of benzene rings is 2. The minimum atomic E-state index is -0.380. The van der Waals surface area contributed by atoms with E-state index in [0.717, 1.165) is 23.3 Å². The van der Waals surface area contributed by atoms with Crippen LogP contribution in [0.2, 0.25) is 0 Å². The minimum Gasteiger partial charge on any atom is -0.497 e. The minimum absolute atomic E-state index is 0.128. The van der Waals surface area contributed by atoms with Crippen LogP contribution in [0.3, 0.4) is 0 Å². The van der Waals surface area contributed by atoms with Crippen molar-refractivity contribution in [2.45, 2.75) is 18.9 Å². The van der Waals surface area contributed by atoms with Gasteiger partial charge in [0.25, 0.3) is 17.7 Å². The second-order valence-corrected chi connectivity index (χ2v) is 7.19. The molecule has 7 nitrogen and oxygen atoms in total. The zero-order valence-corrected chi connectivity index (χ0v) is 16.6. The molecule has 0 aliphatic carbocycles. The summed E-state index contributed by atoms with van der Waals surface area (Å²) in [4.78, 5) is 40.5. The van der Waals surface area contributed by atoms with Crippen LogP contribution in [-0.4, -0.2) is 55.3 Å². The average Bonchev–Trinajstić information content (AvgIpc) is 3.32. The number of amides is 3. The number of hydrogen-bond donors (Lipinski definition) is 0. The highest BCUT2D eigenvalue weighted by molar-refractivity contribution is 6.21. The summed E-state index contributed by atoms with van der Waals surface area (Å²) in [6, 6.07) is 10.2. The smallest absolute Gasteiger partial charge is 0.261 e. The van der Waals surface area contributed by atoms with Crippen LogP contribution in [0.1, 0.15) is 55.5 Å². The molecule has 2 aromatic carbocycles. The Morgan fingerprint density at radius 3 is 2.48 bits per heavy atom. The largest absolute Gasteiger partial charge is 0.497 e. The van der Waals surface area contributed by atoms with E-state index in [1.165, 1.54) is 13.1 Å². The molecule has 29 heavy (non-hydrogen) atoms. The first-order chi connectivity index (χ1) is 14.0. The molecular weight excluding hydrogens is 372 g/mol. The number of rotatable bonds is 4. The molecule has 0 aromatic heterocycles. The molecule has 0 spiro atoms. The van der Waals surface area contributed by atoms with Gasteiger partial charge in [0, 0.05) is 30.8 Å². The van der Waals surface area contributed by atoms with Gasteiger partial charge in [0.1, 0.15) is 11.5 Å². The van der Waals surface area contributed by atoms with E-state index >= 15 is 0 Å². The van der Waals surface area contributed by atoms with Crippen molar-refractivity contribution in [1.82, 2.24) is 9.80 Å². The fraction of sp³-hybridized carbons (Fsp3) is 0.318. The molecule has 2 aromatic rings. The molecule has 1 saturated heterocycles. The van der Waals surface area contributed by atoms with Gasteiger partial charge in [-0.25, -0.2) is 0 Å². The van der Waals surface area contributed by atoms with E-state index in [9.17, 15) is 14.4 Å². The van der Waals surface area contributed by atoms with Crippen LogP contribution in [0, 0.1) is 0 Å². The van der Waals surface area contributed by atoms with Gasteiger partial charge >= 0.3 is 0 Å². The Bertz CT molecular complexity index is 1020. The maximum atomic E-state index is 13.3. The molecule has 0 bridgehead atoms. The number of likely N-dealkylation sites (tertiary alicyclic amines) is 1. The Balaban J connectivity index is 1.66. The molecule has 2 heterocycles. The Kier molecular flexibility index (Phi) is 4.74. The summed E-state index contributed by atoms with van der Waals surface area (Å²) in [6.45, 7) is 0.614. The van der Waals surface area contributed by atoms with Crippen molar-refractivity contribution < 1.29 is 23.9 Å². The fourth-order valence-corrected chi connectivity index (χ4v) is 4.09. The van der Waals surface area contributed by atoms with Crippen LogP contribution < -0.4 is 9.47 Å². The standard InChI is InChI=1S/C22H22N2O5/c1-23-21(26)15-8-6-13(11-17(15)22(23)27)20(25)24-10-4-5-18(24)16-9-7-14(28-2)12-19(16)29-3/h6-9,11-12,18H,4-5,10H2,1-3H3. The van der Waals surface area contributed by atoms with Crippen LogP contribution in [-0.2, 0) is 0 Å². The van der Waals surface area contributed by atoms with Gasteiger partial charge in [-0.1, -0.05) is 0 Å². The summed E-state index contributed by atoms with van der Waals surface area (Å²) in [6.07, 6.45) is 1.69. The Morgan fingerprint density at radius 2 is 1.76 bits per heavy atom. The van der Waals surface area contributed by atoms with Gasteiger partial charge in [-0.05, 0) is 43.2 Å². The number of carbonyl (C=O) groups is 3. The number of methoxy groups -OCH3 is 2. The molecule has 1 fully saturated rings. The van der Waals surface area contributed by atoms with E-state index in [0.29, 0.717) is 29.2 Å². The van der Waals surface area contributed by atoms with Gasteiger partial charge in [0.15, 0.2) is 0 Å². The van der Waals surface area contributed by atoms with Crippen molar-refractivity contribution in [1.29, 1.82) is 0 Å². The number of nitrogens with zero attached hydrogens (tertiary/aromatic N) is 2. The van der Waals surface area contributed by atoms with Gasteiger partial charge in [0.2, 0.25) is 0 Å². The summed E-state index contributed by atoms with van der Waals surface area (Å²) in [7, 11) is 4.63. The number of ether oxygens (including phenoxy) is 2. The lowest BCUT2D eigenvalue weighted by atomic mass is 10.0. The molecule has 150 valence electrons. The summed E-state index contributed by atoms with van der Waals surface area (Å²) < 4.78 is 10.8. The van der Waals surface area contributed by atoms with Crippen LogP contribution in [0.25, 0.3) is 0 Å². The number of fused-ring (bicyclic) bond motifs is 1. The van der Waals surface area contributed by atoms with Crippen molar-refractivity contribution >= 4 is 17.7 Å². The van der Waals surface area contributed by atoms with Gasteiger partial charge in [-0.2, -0.15) is 0 Å². The monoisotopic (exact) mass is 394 g/mol. The molecule has 4 rings (SSSR count). The van der Waals surface area contributed by atoms with Gasteiger partial charge < -0.3 is 14.4 Å². The topological polar surface area (TPSA) is 76.2 Å². The molecule has 0 radical (unpaired) electrons. The SMILES string of the molecule is COc1ccc(C2CCCN2C(=O)c2ccc3c(c2)C(=O)N(C)C3=O)c(OC)c1. The van der Waals surface area contributed by atoms with Crippen molar-refractivity contribution in [3.63, 3.8) is 0 Å². The van der Waals surface area contributed by atoms with Gasteiger partial charge in [-0.15, -0.1) is 0 Å². The molecule has 7 heteroatoms. The Labute approximate surface area is 168 Å². The molecule has 2 aliphatic heterocycles. The highest BCUT2D eigenvalue weighted by atomic mass is 16.5. The number of hydrogen-bond acceptors (Lipinski definition) is 5. The lowest BCUT2D eigenvalue weighted by Crippen LogP contribution is -2.31. The molecule has 2 aliphatic rings. The van der Waals surface area contributed by atoms with Crippen LogP contribution >= 0.6 is 0 Å². The second-order valence-electron chi connectivity index (χ2n) is 7.19. The van der Waals surface area contributed by atoms with Crippen molar-refractivity contribution in [2.75, 3.05) is 27.8 Å². The summed E-state index contributed by atoms with van der Waals surface area (Å²) in [5.41, 5.74) is 1.94. The van der Waals surface area contributed by atoms with E-state index in [2.05, 4.69) is 0 Å². The van der Waals surface area contributed by atoms with Gasteiger partial charge in [-0.3, -0.25) is 19.3 Å². The molecule has 1 unspecified atom stereocenters. The first-order valence-corrected chi connectivity index (χ1v) is 9.45. The molecule has 3 amide bonds. The molecule has 0 saturated carbocycles. The molecule has 0 N–H and O–H groups in total. The van der Waals surface area contributed by atoms with Crippen LogP contribution in [0.15, 0.2) is 36.4 Å². The third kappa shape index (κ3) is 3.03. The summed E-state index contributed by atoms with van der Waals surface area (Å²) >= 11 is 0. The van der Waals surface area contributed by atoms with Crippen molar-refractivity contribution in [2.24, 2.45) is 0 Å². The second kappa shape index (κ2) is 7.24. The van der Waals surface area contributed by atoms with E-state index < -0.39 is 0 Å². The third-order valence-electron chi connectivity index (χ3n) is 5.65. The Hall–Kier alpha value is -3.35. The number of carbonyl (C=O) groups excluding carboxylic acids is 3. The first-order valence-electron chi connectivity index (χ1n) is 9.45. The van der Waals surface area contributed by atoms with Crippen molar-refractivity contribution in [3.8, 4) is 11.5 Å². The normalized spacial score (nSPS) is 18.2. The van der Waals surface area contributed by atoms with Crippen LogP contribution in [0.4, 0.5) is 0 Å². The highest BCUT2D eigenvalue weighted by Gasteiger charge is 2.36. The zero-order valence-electron chi connectivity index (χ0n) is 16.6. The maximum Gasteiger partial charge on any atom is 0.261 e. The zero-order chi connectivity index (χ0) is 20.7. The average molecular weight is 394 g/mol. The fourth-order valence-electron chi connectivity index (χ4n) is 4.09.